The van der Waals surface area contributed by atoms with Gasteiger partial charge in [0.05, 0.1) is 0 Å². The number of unbranched alkanes of at least 4 members (excludes halogenated alkanes) is 27. The van der Waals surface area contributed by atoms with Gasteiger partial charge < -0.3 is 14.2 Å². The molecule has 1 atom stereocenters. The summed E-state index contributed by atoms with van der Waals surface area (Å²) in [6, 6.07) is 0. The Hall–Kier alpha value is -3.41. The van der Waals surface area contributed by atoms with E-state index in [1.807, 2.05) is 6.08 Å². The minimum Gasteiger partial charge on any atom is -0.462 e. The average molecular weight is 962 g/mol. The maximum absolute atomic E-state index is 12.8. The van der Waals surface area contributed by atoms with Gasteiger partial charge in [-0.3, -0.25) is 14.4 Å². The summed E-state index contributed by atoms with van der Waals surface area (Å²) >= 11 is 0. The molecule has 396 valence electrons. The van der Waals surface area contributed by atoms with Crippen LogP contribution < -0.4 is 0 Å². The molecule has 0 saturated carbocycles. The minimum absolute atomic E-state index is 0.105. The number of carbonyl (C=O) groups excluding carboxylic acids is 3. The highest BCUT2D eigenvalue weighted by Crippen LogP contribution is 2.15. The van der Waals surface area contributed by atoms with Crippen molar-refractivity contribution in [1.29, 1.82) is 0 Å². The van der Waals surface area contributed by atoms with Crippen molar-refractivity contribution in [1.82, 2.24) is 0 Å². The molecule has 0 aromatic heterocycles. The van der Waals surface area contributed by atoms with E-state index in [4.69, 9.17) is 14.2 Å². The maximum Gasteiger partial charge on any atom is 0.306 e. The van der Waals surface area contributed by atoms with Crippen LogP contribution in [0.1, 0.15) is 278 Å². The molecule has 0 spiro atoms. The predicted molar refractivity (Wildman–Crippen MR) is 297 cm³/mol. The second-order valence-corrected chi connectivity index (χ2v) is 19.2. The van der Waals surface area contributed by atoms with E-state index >= 15 is 0 Å². The first-order valence-electron chi connectivity index (χ1n) is 29.1. The molecule has 0 bridgehead atoms. The molecule has 0 amide bonds. The van der Waals surface area contributed by atoms with Gasteiger partial charge in [-0.1, -0.05) is 260 Å². The Bertz CT molecular complexity index is 1330. The van der Waals surface area contributed by atoms with Crippen LogP contribution in [0, 0.1) is 0 Å². The third-order valence-corrected chi connectivity index (χ3v) is 12.4. The van der Waals surface area contributed by atoms with E-state index in [0.717, 1.165) is 77.0 Å². The molecule has 6 nitrogen and oxygen atoms in total. The molecule has 0 aromatic rings. The standard InChI is InChI=1S/C63H108O6/c1-4-7-10-13-16-19-22-24-26-28-30-31-33-34-36-38-41-44-47-50-53-56-62(65)68-59-60(58-67-61(64)55-52-49-46-43-40-21-18-15-12-9-6-3)69-63(66)57-54-51-48-45-42-39-37-35-32-29-27-25-23-20-17-14-11-8-5-2/h8,11,17,20,24-27,32,35,39,42,48,51,60H,4-7,9-10,12-16,18-19,21-23,28-31,33-34,36-38,40-41,43-47,49-50,52-59H2,1-3H3/b11-8-,20-17-,26-24-,27-25-,35-32-,42-39-,51-48-/t60-/m0/s1. The summed E-state index contributed by atoms with van der Waals surface area (Å²) in [5.41, 5.74) is 0. The van der Waals surface area contributed by atoms with Crippen LogP contribution in [0.2, 0.25) is 0 Å². The van der Waals surface area contributed by atoms with Crippen LogP contribution in [0.3, 0.4) is 0 Å². The van der Waals surface area contributed by atoms with Crippen LogP contribution in [-0.4, -0.2) is 37.2 Å². The Morgan fingerprint density at radius 2 is 0.594 bits per heavy atom. The van der Waals surface area contributed by atoms with Crippen molar-refractivity contribution in [2.45, 2.75) is 284 Å². The lowest BCUT2D eigenvalue weighted by atomic mass is 10.0. The van der Waals surface area contributed by atoms with Crippen molar-refractivity contribution in [3.63, 3.8) is 0 Å². The quantitative estimate of drug-likeness (QED) is 0.0262. The first-order valence-corrected chi connectivity index (χ1v) is 29.1. The highest BCUT2D eigenvalue weighted by atomic mass is 16.6. The zero-order valence-electron chi connectivity index (χ0n) is 45.3. The molecule has 0 aliphatic rings. The predicted octanol–water partition coefficient (Wildman–Crippen LogP) is 19.5. The Balaban J connectivity index is 4.41. The van der Waals surface area contributed by atoms with Crippen molar-refractivity contribution in [2.24, 2.45) is 0 Å². The number of allylic oxidation sites excluding steroid dienone is 14. The molecule has 0 fully saturated rings. The molecular formula is C63H108O6. The van der Waals surface area contributed by atoms with E-state index in [9.17, 15) is 14.4 Å². The number of rotatable bonds is 52. The fourth-order valence-electron chi connectivity index (χ4n) is 8.05. The smallest absolute Gasteiger partial charge is 0.306 e. The lowest BCUT2D eigenvalue weighted by Gasteiger charge is -2.18. The van der Waals surface area contributed by atoms with Gasteiger partial charge in [-0.2, -0.15) is 0 Å². The van der Waals surface area contributed by atoms with Crippen molar-refractivity contribution in [3.05, 3.63) is 85.1 Å². The van der Waals surface area contributed by atoms with E-state index in [2.05, 4.69) is 99.8 Å². The fourth-order valence-corrected chi connectivity index (χ4v) is 8.05. The summed E-state index contributed by atoms with van der Waals surface area (Å²) in [7, 11) is 0. The van der Waals surface area contributed by atoms with E-state index in [0.29, 0.717) is 19.3 Å². The molecule has 0 aliphatic heterocycles. The van der Waals surface area contributed by atoms with E-state index in [1.165, 1.54) is 154 Å². The zero-order chi connectivity index (χ0) is 50.0. The van der Waals surface area contributed by atoms with E-state index < -0.39 is 12.1 Å². The van der Waals surface area contributed by atoms with Crippen LogP contribution in [0.15, 0.2) is 85.1 Å². The molecule has 69 heavy (non-hydrogen) atoms. The van der Waals surface area contributed by atoms with Crippen molar-refractivity contribution < 1.29 is 28.6 Å². The summed E-state index contributed by atoms with van der Waals surface area (Å²) < 4.78 is 16.8. The van der Waals surface area contributed by atoms with Gasteiger partial charge in [0.2, 0.25) is 0 Å². The largest absolute Gasteiger partial charge is 0.462 e. The maximum atomic E-state index is 12.8. The van der Waals surface area contributed by atoms with Gasteiger partial charge in [-0.05, 0) is 83.5 Å². The SMILES string of the molecule is CC/C=C\C/C=C\C/C=C\C/C=C\C/C=C\C/C=C\CCC(=O)O[C@@H](COC(=O)CCCCCCCCCCCCC)COC(=O)CCCCCCCCCCCCC/C=C\CCCCCCCC. The monoisotopic (exact) mass is 961 g/mol. The normalized spacial score (nSPS) is 12.7. The Labute approximate surface area is 426 Å². The summed E-state index contributed by atoms with van der Waals surface area (Å²) in [6.45, 7) is 6.47. The zero-order valence-corrected chi connectivity index (χ0v) is 45.3. The fraction of sp³-hybridized carbons (Fsp3) is 0.730. The van der Waals surface area contributed by atoms with Crippen molar-refractivity contribution >= 4 is 17.9 Å². The second kappa shape index (κ2) is 57.2. The Kier molecular flexibility index (Phi) is 54.3. The highest BCUT2D eigenvalue weighted by Gasteiger charge is 2.19. The van der Waals surface area contributed by atoms with E-state index in [1.54, 1.807) is 0 Å². The van der Waals surface area contributed by atoms with Gasteiger partial charge in [0.15, 0.2) is 6.10 Å². The molecule has 0 rings (SSSR count). The number of esters is 3. The third kappa shape index (κ3) is 55.4. The van der Waals surface area contributed by atoms with Crippen molar-refractivity contribution in [2.75, 3.05) is 13.2 Å². The number of hydrogen-bond donors (Lipinski definition) is 0. The molecule has 0 unspecified atom stereocenters. The number of carbonyl (C=O) groups is 3. The lowest BCUT2D eigenvalue weighted by molar-refractivity contribution is -0.166. The second-order valence-electron chi connectivity index (χ2n) is 19.2. The molecule has 0 heterocycles. The molecule has 0 radical (unpaired) electrons. The Morgan fingerprint density at radius 3 is 0.942 bits per heavy atom. The Morgan fingerprint density at radius 1 is 0.304 bits per heavy atom. The summed E-state index contributed by atoms with van der Waals surface area (Å²) in [4.78, 5) is 38.1. The highest BCUT2D eigenvalue weighted by molar-refractivity contribution is 5.71. The third-order valence-electron chi connectivity index (χ3n) is 12.4. The summed E-state index contributed by atoms with van der Waals surface area (Å²) in [5.74, 6) is -0.984. The van der Waals surface area contributed by atoms with Crippen LogP contribution in [-0.2, 0) is 28.6 Å². The number of hydrogen-bond acceptors (Lipinski definition) is 6. The molecular weight excluding hydrogens is 853 g/mol. The first-order chi connectivity index (χ1) is 34.0. The summed E-state index contributed by atoms with van der Waals surface area (Å²) in [5, 5.41) is 0. The number of ether oxygens (including phenoxy) is 3. The van der Waals surface area contributed by atoms with Gasteiger partial charge in [0.1, 0.15) is 13.2 Å². The summed E-state index contributed by atoms with van der Waals surface area (Å²) in [6.07, 6.45) is 74.5. The van der Waals surface area contributed by atoms with Gasteiger partial charge in [0, 0.05) is 19.3 Å². The van der Waals surface area contributed by atoms with Gasteiger partial charge in [-0.25, -0.2) is 0 Å². The average Bonchev–Trinajstić information content (AvgIpc) is 3.35. The molecule has 0 N–H and O–H groups in total. The lowest BCUT2D eigenvalue weighted by Crippen LogP contribution is -2.30. The molecule has 0 saturated heterocycles. The van der Waals surface area contributed by atoms with Gasteiger partial charge >= 0.3 is 17.9 Å². The van der Waals surface area contributed by atoms with Crippen molar-refractivity contribution in [3.8, 4) is 0 Å². The minimum atomic E-state index is -0.815. The van der Waals surface area contributed by atoms with Crippen LogP contribution >= 0.6 is 0 Å². The molecule has 6 heteroatoms. The van der Waals surface area contributed by atoms with E-state index in [-0.39, 0.29) is 31.6 Å². The van der Waals surface area contributed by atoms with Gasteiger partial charge in [0.25, 0.3) is 0 Å². The van der Waals surface area contributed by atoms with Crippen LogP contribution in [0.5, 0.6) is 0 Å². The topological polar surface area (TPSA) is 78.9 Å². The molecule has 0 aromatic carbocycles. The van der Waals surface area contributed by atoms with Gasteiger partial charge in [-0.15, -0.1) is 0 Å². The molecule has 0 aliphatic carbocycles. The van der Waals surface area contributed by atoms with Crippen LogP contribution in [0.4, 0.5) is 0 Å². The first kappa shape index (κ1) is 65.6. The van der Waals surface area contributed by atoms with Crippen LogP contribution in [0.25, 0.3) is 0 Å².